The summed E-state index contributed by atoms with van der Waals surface area (Å²) < 4.78 is 18.9. The first-order chi connectivity index (χ1) is 8.60. The molecule has 1 amide bonds. The van der Waals surface area contributed by atoms with E-state index in [1.54, 1.807) is 6.07 Å². The van der Waals surface area contributed by atoms with E-state index in [-0.39, 0.29) is 16.1 Å². The Kier molecular flexibility index (Phi) is 6.60. The number of ether oxygens (including phenoxy) is 1. The van der Waals surface area contributed by atoms with Crippen LogP contribution in [0.3, 0.4) is 0 Å². The lowest BCUT2D eigenvalue weighted by atomic mass is 10.1. The van der Waals surface area contributed by atoms with Crippen LogP contribution in [0.2, 0.25) is 0 Å². The molecule has 1 N–H and O–H groups in total. The maximum absolute atomic E-state index is 13.7. The predicted molar refractivity (Wildman–Crippen MR) is 72.6 cm³/mol. The Morgan fingerprint density at radius 3 is 2.94 bits per heavy atom. The van der Waals surface area contributed by atoms with E-state index in [9.17, 15) is 9.18 Å². The van der Waals surface area contributed by atoms with Crippen molar-refractivity contribution in [2.75, 3.05) is 19.6 Å². The number of methoxy groups -OCH3 is 1. The maximum Gasteiger partial charge on any atom is 0.254 e. The summed E-state index contributed by atoms with van der Waals surface area (Å²) in [5.41, 5.74) is 0.0000468. The highest BCUT2D eigenvalue weighted by molar-refractivity contribution is 9.10. The Hall–Kier alpha value is -0.650. The average molecular weight is 339 g/mol. The van der Waals surface area contributed by atoms with Gasteiger partial charge in [-0.3, -0.25) is 4.79 Å². The Bertz CT molecular complexity index is 411. The summed E-state index contributed by atoms with van der Waals surface area (Å²) in [5.74, 6) is -0.645. The Morgan fingerprint density at radius 2 is 2.33 bits per heavy atom. The SMILES string of the molecule is COCC(CCCl)NC(=O)c1cccc(Br)c1F. The van der Waals surface area contributed by atoms with Gasteiger partial charge in [0.1, 0.15) is 5.82 Å². The summed E-state index contributed by atoms with van der Waals surface area (Å²) in [6.45, 7) is 0.341. The number of alkyl halides is 1. The first-order valence-corrected chi connectivity index (χ1v) is 6.72. The number of amides is 1. The van der Waals surface area contributed by atoms with Crippen LogP contribution in [0.5, 0.6) is 0 Å². The summed E-state index contributed by atoms with van der Waals surface area (Å²) in [6, 6.07) is 4.35. The monoisotopic (exact) mass is 337 g/mol. The van der Waals surface area contributed by atoms with Crippen molar-refractivity contribution in [2.24, 2.45) is 0 Å². The molecule has 0 aliphatic heterocycles. The number of rotatable bonds is 6. The lowest BCUT2D eigenvalue weighted by molar-refractivity contribution is 0.0891. The molecule has 0 aliphatic rings. The third kappa shape index (κ3) is 4.23. The number of carbonyl (C=O) groups is 1. The largest absolute Gasteiger partial charge is 0.383 e. The number of hydrogen-bond donors (Lipinski definition) is 1. The zero-order valence-electron chi connectivity index (χ0n) is 9.88. The van der Waals surface area contributed by atoms with E-state index in [0.29, 0.717) is 18.9 Å². The number of hydrogen-bond acceptors (Lipinski definition) is 2. The van der Waals surface area contributed by atoms with Crippen molar-refractivity contribution in [1.29, 1.82) is 0 Å². The number of carbonyl (C=O) groups excluding carboxylic acids is 1. The van der Waals surface area contributed by atoms with E-state index in [1.165, 1.54) is 19.2 Å². The van der Waals surface area contributed by atoms with E-state index in [0.717, 1.165) is 0 Å². The highest BCUT2D eigenvalue weighted by Crippen LogP contribution is 2.18. The summed E-state index contributed by atoms with van der Waals surface area (Å²) in [5, 5.41) is 2.69. The van der Waals surface area contributed by atoms with Crippen LogP contribution in [0.15, 0.2) is 22.7 Å². The van der Waals surface area contributed by atoms with Gasteiger partial charge in [0.25, 0.3) is 5.91 Å². The lowest BCUT2D eigenvalue weighted by Gasteiger charge is -2.17. The molecule has 0 radical (unpaired) electrons. The molecule has 0 spiro atoms. The third-order valence-corrected chi connectivity index (χ3v) is 3.19. The third-order valence-electron chi connectivity index (χ3n) is 2.36. The lowest BCUT2D eigenvalue weighted by Crippen LogP contribution is -2.38. The van der Waals surface area contributed by atoms with Gasteiger partial charge in [-0.1, -0.05) is 6.07 Å². The molecule has 1 rings (SSSR count). The minimum absolute atomic E-state index is 0.0000468. The average Bonchev–Trinajstić information content (AvgIpc) is 2.33. The van der Waals surface area contributed by atoms with Crippen molar-refractivity contribution < 1.29 is 13.9 Å². The van der Waals surface area contributed by atoms with Gasteiger partial charge in [0, 0.05) is 13.0 Å². The molecule has 0 aromatic heterocycles. The van der Waals surface area contributed by atoms with Crippen molar-refractivity contribution in [3.8, 4) is 0 Å². The smallest absolute Gasteiger partial charge is 0.254 e. The minimum Gasteiger partial charge on any atom is -0.383 e. The van der Waals surface area contributed by atoms with Gasteiger partial charge in [-0.25, -0.2) is 4.39 Å². The van der Waals surface area contributed by atoms with E-state index < -0.39 is 11.7 Å². The van der Waals surface area contributed by atoms with Crippen molar-refractivity contribution >= 4 is 33.4 Å². The second kappa shape index (κ2) is 7.71. The topological polar surface area (TPSA) is 38.3 Å². The zero-order chi connectivity index (χ0) is 13.5. The Morgan fingerprint density at radius 1 is 1.61 bits per heavy atom. The molecule has 0 bridgehead atoms. The minimum atomic E-state index is -0.572. The molecule has 18 heavy (non-hydrogen) atoms. The van der Waals surface area contributed by atoms with Crippen molar-refractivity contribution in [3.05, 3.63) is 34.1 Å². The van der Waals surface area contributed by atoms with Gasteiger partial charge in [0.15, 0.2) is 0 Å². The fourth-order valence-corrected chi connectivity index (χ4v) is 2.10. The molecular weight excluding hydrogens is 324 g/mol. The fourth-order valence-electron chi connectivity index (χ4n) is 1.47. The van der Waals surface area contributed by atoms with Crippen LogP contribution in [0.4, 0.5) is 4.39 Å². The Labute approximate surface area is 119 Å². The summed E-state index contributed by atoms with van der Waals surface area (Å²) >= 11 is 8.67. The first-order valence-electron chi connectivity index (χ1n) is 5.40. The number of benzene rings is 1. The molecule has 100 valence electrons. The second-order valence-corrected chi connectivity index (χ2v) is 4.94. The van der Waals surface area contributed by atoms with Crippen LogP contribution in [-0.4, -0.2) is 31.5 Å². The number of nitrogens with one attached hydrogen (secondary N) is 1. The molecule has 1 atom stereocenters. The molecule has 0 saturated heterocycles. The fraction of sp³-hybridized carbons (Fsp3) is 0.417. The van der Waals surface area contributed by atoms with Crippen LogP contribution in [0, 0.1) is 5.82 Å². The first kappa shape index (κ1) is 15.4. The zero-order valence-corrected chi connectivity index (χ0v) is 12.2. The van der Waals surface area contributed by atoms with Gasteiger partial charge in [-0.2, -0.15) is 0 Å². The summed E-state index contributed by atoms with van der Waals surface area (Å²) in [6.07, 6.45) is 0.566. The highest BCUT2D eigenvalue weighted by Gasteiger charge is 2.17. The van der Waals surface area contributed by atoms with Gasteiger partial charge >= 0.3 is 0 Å². The standard InChI is InChI=1S/C12H14BrClFNO2/c1-18-7-8(5-6-14)16-12(17)9-3-2-4-10(13)11(9)15/h2-4,8H,5-7H2,1H3,(H,16,17). The molecule has 0 heterocycles. The summed E-state index contributed by atoms with van der Waals surface area (Å²) in [4.78, 5) is 11.9. The van der Waals surface area contributed by atoms with E-state index in [4.69, 9.17) is 16.3 Å². The molecule has 1 aromatic rings. The van der Waals surface area contributed by atoms with E-state index in [2.05, 4.69) is 21.2 Å². The predicted octanol–water partition coefficient (Wildman–Crippen LogP) is 2.96. The van der Waals surface area contributed by atoms with Gasteiger partial charge in [-0.15, -0.1) is 11.6 Å². The van der Waals surface area contributed by atoms with Crippen LogP contribution in [0.1, 0.15) is 16.8 Å². The second-order valence-electron chi connectivity index (χ2n) is 3.70. The Balaban J connectivity index is 2.77. The van der Waals surface area contributed by atoms with Crippen LogP contribution in [0.25, 0.3) is 0 Å². The normalized spacial score (nSPS) is 12.2. The van der Waals surface area contributed by atoms with Gasteiger partial charge in [0.2, 0.25) is 0 Å². The van der Waals surface area contributed by atoms with Crippen LogP contribution in [-0.2, 0) is 4.74 Å². The molecule has 0 fully saturated rings. The molecule has 1 aromatic carbocycles. The number of halogens is 3. The highest BCUT2D eigenvalue weighted by atomic mass is 79.9. The molecule has 3 nitrogen and oxygen atoms in total. The molecule has 6 heteroatoms. The van der Waals surface area contributed by atoms with Crippen LogP contribution < -0.4 is 5.32 Å². The van der Waals surface area contributed by atoms with Crippen molar-refractivity contribution in [3.63, 3.8) is 0 Å². The van der Waals surface area contributed by atoms with Crippen molar-refractivity contribution in [2.45, 2.75) is 12.5 Å². The van der Waals surface area contributed by atoms with Gasteiger partial charge in [0.05, 0.1) is 22.7 Å². The molecular formula is C12H14BrClFNO2. The van der Waals surface area contributed by atoms with E-state index in [1.807, 2.05) is 0 Å². The van der Waals surface area contributed by atoms with Gasteiger partial charge in [-0.05, 0) is 34.5 Å². The summed E-state index contributed by atoms with van der Waals surface area (Å²) in [7, 11) is 1.53. The molecule has 0 aliphatic carbocycles. The molecule has 0 saturated carbocycles. The molecule has 1 unspecified atom stereocenters. The quantitative estimate of drug-likeness (QED) is 0.810. The van der Waals surface area contributed by atoms with Gasteiger partial charge < -0.3 is 10.1 Å². The maximum atomic E-state index is 13.7. The van der Waals surface area contributed by atoms with Crippen LogP contribution >= 0.6 is 27.5 Å². The van der Waals surface area contributed by atoms with E-state index >= 15 is 0 Å². The van der Waals surface area contributed by atoms with Crippen molar-refractivity contribution in [1.82, 2.24) is 5.32 Å².